The van der Waals surface area contributed by atoms with E-state index in [2.05, 4.69) is 47.3 Å². The van der Waals surface area contributed by atoms with Gasteiger partial charge in [-0.15, -0.1) is 0 Å². The summed E-state index contributed by atoms with van der Waals surface area (Å²) in [6, 6.07) is 7.21. The molecule has 23 heavy (non-hydrogen) atoms. The van der Waals surface area contributed by atoms with Crippen LogP contribution in [0.1, 0.15) is 39.1 Å². The van der Waals surface area contributed by atoms with Crippen LogP contribution in [0.3, 0.4) is 0 Å². The second-order valence-corrected chi connectivity index (χ2v) is 6.82. The second-order valence-electron chi connectivity index (χ2n) is 6.82. The predicted molar refractivity (Wildman–Crippen MR) is 91.1 cm³/mol. The summed E-state index contributed by atoms with van der Waals surface area (Å²) < 4.78 is 0. The highest BCUT2D eigenvalue weighted by Crippen LogP contribution is 2.20. The number of likely N-dealkylation sites (N-methyl/N-ethyl adjacent to an activating group) is 1. The van der Waals surface area contributed by atoms with Gasteiger partial charge in [-0.25, -0.2) is 4.98 Å². The van der Waals surface area contributed by atoms with Crippen LogP contribution in [0.4, 0.5) is 5.82 Å². The van der Waals surface area contributed by atoms with Gasteiger partial charge in [-0.05, 0) is 32.2 Å². The number of aromatic amines is 1. The second kappa shape index (κ2) is 6.91. The third kappa shape index (κ3) is 4.63. The van der Waals surface area contributed by atoms with E-state index in [9.17, 15) is 4.79 Å². The number of hydrogen-bond donors (Lipinski definition) is 2. The van der Waals surface area contributed by atoms with Crippen LogP contribution in [0, 0.1) is 0 Å². The molecule has 0 aromatic carbocycles. The molecule has 0 aliphatic heterocycles. The van der Waals surface area contributed by atoms with Gasteiger partial charge in [0.2, 0.25) is 5.91 Å². The van der Waals surface area contributed by atoms with E-state index < -0.39 is 0 Å². The normalized spacial score (nSPS) is 13.1. The first-order valence-corrected chi connectivity index (χ1v) is 7.74. The third-order valence-electron chi connectivity index (χ3n) is 3.78. The molecule has 6 heteroatoms. The van der Waals surface area contributed by atoms with Crippen molar-refractivity contribution in [2.75, 3.05) is 12.4 Å². The standard InChI is InChI=1S/C17H25N5O/c1-12(16(23)19-15-8-6-7-9-18-15)22(5)11-13-10-14(21-20-13)17(2,3)4/h6-10,12H,11H2,1-5H3,(H,20,21)(H,18,19,23)/t12-/m1/s1. The van der Waals surface area contributed by atoms with Gasteiger partial charge in [-0.3, -0.25) is 14.8 Å². The molecular formula is C17H25N5O. The van der Waals surface area contributed by atoms with Crippen molar-refractivity contribution in [3.63, 3.8) is 0 Å². The molecule has 0 aliphatic rings. The number of H-pyrrole nitrogens is 1. The van der Waals surface area contributed by atoms with Gasteiger partial charge in [0.25, 0.3) is 0 Å². The molecule has 2 aromatic rings. The SMILES string of the molecule is C[C@H](C(=O)Nc1ccccn1)N(C)Cc1cc(C(C)(C)C)n[nH]1. The maximum Gasteiger partial charge on any atom is 0.242 e. The summed E-state index contributed by atoms with van der Waals surface area (Å²) in [5.41, 5.74) is 2.02. The Morgan fingerprint density at radius 2 is 2.13 bits per heavy atom. The first kappa shape index (κ1) is 17.1. The number of nitrogens with one attached hydrogen (secondary N) is 2. The molecule has 0 spiro atoms. The quantitative estimate of drug-likeness (QED) is 0.889. The fourth-order valence-electron chi connectivity index (χ4n) is 2.10. The Kier molecular flexibility index (Phi) is 5.15. The molecule has 0 saturated carbocycles. The molecule has 6 nitrogen and oxygen atoms in total. The van der Waals surface area contributed by atoms with Crippen LogP contribution in [0.5, 0.6) is 0 Å². The van der Waals surface area contributed by atoms with Crippen molar-refractivity contribution >= 4 is 11.7 Å². The molecule has 2 rings (SSSR count). The van der Waals surface area contributed by atoms with Crippen LogP contribution in [0.2, 0.25) is 0 Å². The Labute approximate surface area is 137 Å². The van der Waals surface area contributed by atoms with Crippen molar-refractivity contribution in [1.82, 2.24) is 20.1 Å². The summed E-state index contributed by atoms with van der Waals surface area (Å²) in [7, 11) is 1.92. The Balaban J connectivity index is 1.95. The average molecular weight is 315 g/mol. The van der Waals surface area contributed by atoms with Crippen LogP contribution in [0.15, 0.2) is 30.5 Å². The van der Waals surface area contributed by atoms with Crippen molar-refractivity contribution < 1.29 is 4.79 Å². The molecule has 124 valence electrons. The van der Waals surface area contributed by atoms with Gasteiger partial charge in [0.15, 0.2) is 0 Å². The zero-order chi connectivity index (χ0) is 17.0. The number of carbonyl (C=O) groups is 1. The summed E-state index contributed by atoms with van der Waals surface area (Å²) in [5, 5.41) is 10.2. The predicted octanol–water partition coefficient (Wildman–Crippen LogP) is 2.56. The van der Waals surface area contributed by atoms with Crippen LogP contribution >= 0.6 is 0 Å². The average Bonchev–Trinajstić information content (AvgIpc) is 2.96. The molecule has 2 N–H and O–H groups in total. The summed E-state index contributed by atoms with van der Waals surface area (Å²) in [6.07, 6.45) is 1.66. The summed E-state index contributed by atoms with van der Waals surface area (Å²) >= 11 is 0. The molecule has 1 atom stereocenters. The minimum atomic E-state index is -0.279. The monoisotopic (exact) mass is 315 g/mol. The van der Waals surface area contributed by atoms with Gasteiger partial charge in [0, 0.05) is 23.9 Å². The number of rotatable bonds is 5. The largest absolute Gasteiger partial charge is 0.309 e. The van der Waals surface area contributed by atoms with Gasteiger partial charge < -0.3 is 5.32 Å². The van der Waals surface area contributed by atoms with Crippen LogP contribution < -0.4 is 5.32 Å². The van der Waals surface area contributed by atoms with Gasteiger partial charge in [-0.2, -0.15) is 5.10 Å². The fraction of sp³-hybridized carbons (Fsp3) is 0.471. The Morgan fingerprint density at radius 3 is 2.70 bits per heavy atom. The van der Waals surface area contributed by atoms with Crippen molar-refractivity contribution in [3.05, 3.63) is 41.9 Å². The van der Waals surface area contributed by atoms with E-state index in [4.69, 9.17) is 0 Å². The van der Waals surface area contributed by atoms with Gasteiger partial charge in [-0.1, -0.05) is 26.8 Å². The number of hydrogen-bond acceptors (Lipinski definition) is 4. The molecule has 2 heterocycles. The topological polar surface area (TPSA) is 73.9 Å². The molecule has 0 bridgehead atoms. The number of anilines is 1. The molecule has 1 amide bonds. The molecule has 0 fully saturated rings. The van der Waals surface area contributed by atoms with E-state index in [1.807, 2.05) is 31.0 Å². The minimum Gasteiger partial charge on any atom is -0.309 e. The number of nitrogens with zero attached hydrogens (tertiary/aromatic N) is 3. The maximum absolute atomic E-state index is 12.3. The zero-order valence-electron chi connectivity index (χ0n) is 14.4. The molecule has 0 radical (unpaired) electrons. The number of carbonyl (C=O) groups excluding carboxylic acids is 1. The highest BCUT2D eigenvalue weighted by atomic mass is 16.2. The first-order valence-electron chi connectivity index (χ1n) is 7.74. The first-order chi connectivity index (χ1) is 10.8. The molecule has 0 unspecified atom stereocenters. The summed E-state index contributed by atoms with van der Waals surface area (Å²) in [6.45, 7) is 8.87. The third-order valence-corrected chi connectivity index (χ3v) is 3.78. The number of amides is 1. The lowest BCUT2D eigenvalue weighted by Gasteiger charge is -2.23. The Hall–Kier alpha value is -2.21. The van der Waals surface area contributed by atoms with E-state index in [0.29, 0.717) is 12.4 Å². The molecule has 0 aliphatic carbocycles. The molecule has 0 saturated heterocycles. The zero-order valence-corrected chi connectivity index (χ0v) is 14.4. The summed E-state index contributed by atoms with van der Waals surface area (Å²) in [5.74, 6) is 0.482. The number of pyridine rings is 1. The van der Waals surface area contributed by atoms with E-state index in [0.717, 1.165) is 11.4 Å². The lowest BCUT2D eigenvalue weighted by molar-refractivity contribution is -0.120. The van der Waals surface area contributed by atoms with E-state index in [1.165, 1.54) is 0 Å². The van der Waals surface area contributed by atoms with Crippen molar-refractivity contribution in [2.24, 2.45) is 0 Å². The van der Waals surface area contributed by atoms with Crippen LogP contribution in [-0.2, 0) is 16.8 Å². The highest BCUT2D eigenvalue weighted by molar-refractivity contribution is 5.93. The Bertz CT molecular complexity index is 645. The molecular weight excluding hydrogens is 290 g/mol. The van der Waals surface area contributed by atoms with Crippen LogP contribution in [0.25, 0.3) is 0 Å². The fourth-order valence-corrected chi connectivity index (χ4v) is 2.10. The van der Waals surface area contributed by atoms with Gasteiger partial charge in [0.1, 0.15) is 5.82 Å². The minimum absolute atomic E-state index is 0.00922. The van der Waals surface area contributed by atoms with E-state index in [1.54, 1.807) is 12.3 Å². The lowest BCUT2D eigenvalue weighted by Crippen LogP contribution is -2.39. The smallest absolute Gasteiger partial charge is 0.242 e. The highest BCUT2D eigenvalue weighted by Gasteiger charge is 2.21. The number of aromatic nitrogens is 3. The molecule has 2 aromatic heterocycles. The van der Waals surface area contributed by atoms with Gasteiger partial charge in [0.05, 0.1) is 11.7 Å². The van der Waals surface area contributed by atoms with E-state index in [-0.39, 0.29) is 17.4 Å². The van der Waals surface area contributed by atoms with E-state index >= 15 is 0 Å². The van der Waals surface area contributed by atoms with Gasteiger partial charge >= 0.3 is 0 Å². The van der Waals surface area contributed by atoms with Crippen LogP contribution in [-0.4, -0.2) is 39.1 Å². The van der Waals surface area contributed by atoms with Crippen molar-refractivity contribution in [3.8, 4) is 0 Å². The van der Waals surface area contributed by atoms with Crippen molar-refractivity contribution in [2.45, 2.75) is 45.7 Å². The lowest BCUT2D eigenvalue weighted by atomic mass is 9.92. The summed E-state index contributed by atoms with van der Waals surface area (Å²) in [4.78, 5) is 18.4. The van der Waals surface area contributed by atoms with Crippen molar-refractivity contribution in [1.29, 1.82) is 0 Å². The Morgan fingerprint density at radius 1 is 1.39 bits per heavy atom. The maximum atomic E-state index is 12.3.